The fourth-order valence-corrected chi connectivity index (χ4v) is 2.68. The zero-order valence-corrected chi connectivity index (χ0v) is 12.6. The minimum Gasteiger partial charge on any atom is -0.609 e. The molecule has 1 atom stereocenters. The number of H-pyrrole nitrogens is 1. The van der Waals surface area contributed by atoms with Crippen molar-refractivity contribution in [3.8, 4) is 11.5 Å². The zero-order valence-electron chi connectivity index (χ0n) is 26.8. The molecule has 126 valence electrons. The van der Waals surface area contributed by atoms with Crippen LogP contribution in [0.2, 0.25) is 0 Å². The summed E-state index contributed by atoms with van der Waals surface area (Å²) in [5, 5.41) is -0.566. The summed E-state index contributed by atoms with van der Waals surface area (Å²) in [5.74, 6) is -1.44. The lowest BCUT2D eigenvalue weighted by Gasteiger charge is -2.13. The summed E-state index contributed by atoms with van der Waals surface area (Å²) in [7, 11) is -6.19. The Balaban J connectivity index is 2.24. The minimum absolute atomic E-state index is 0.0743. The molecule has 24 heavy (non-hydrogen) atoms. The van der Waals surface area contributed by atoms with Gasteiger partial charge in [-0.3, -0.25) is 9.97 Å². The Bertz CT molecular complexity index is 1380. The predicted molar refractivity (Wildman–Crippen MR) is 93.0 cm³/mol. The van der Waals surface area contributed by atoms with Gasteiger partial charge >= 0.3 is 5.16 Å². The Hall–Kier alpha value is -2.25. The molecular formula is C17H19N3O3S. The van der Waals surface area contributed by atoms with Crippen LogP contribution in [-0.2, 0) is 16.9 Å². The number of methoxy groups -OCH3 is 2. The lowest BCUT2D eigenvalue weighted by atomic mass is 10.1. The standard InChI is InChI=1S/C17H19N3O3S/c1-10-8-18-15(11(2)16(10)23-4)9-24(21)17-19-13-6-5-12(22-3)7-14(13)20-17/h5-8H,9H2,1-4H3,(H,19,20)/i1D3,2D3,3D3,4D3,8D,9D2. The van der Waals surface area contributed by atoms with Crippen molar-refractivity contribution in [3.05, 3.63) is 41.2 Å². The molecule has 0 saturated carbocycles. The van der Waals surface area contributed by atoms with Crippen LogP contribution >= 0.6 is 0 Å². The highest BCUT2D eigenvalue weighted by molar-refractivity contribution is 7.90. The molecule has 1 unspecified atom stereocenters. The van der Waals surface area contributed by atoms with Gasteiger partial charge in [0.1, 0.15) is 11.5 Å². The first-order valence-corrected chi connectivity index (χ1v) is 7.42. The van der Waals surface area contributed by atoms with E-state index in [0.717, 1.165) is 0 Å². The van der Waals surface area contributed by atoms with E-state index in [1.54, 1.807) is 0 Å². The highest BCUT2D eigenvalue weighted by atomic mass is 32.2. The molecule has 0 fully saturated rings. The highest BCUT2D eigenvalue weighted by Crippen LogP contribution is 2.27. The maximum Gasteiger partial charge on any atom is 0.322 e. The van der Waals surface area contributed by atoms with Crippen LogP contribution in [0.1, 0.15) is 37.4 Å². The third kappa shape index (κ3) is 3.05. The molecule has 0 aliphatic carbocycles. The summed E-state index contributed by atoms with van der Waals surface area (Å²) in [6.07, 6.45) is -1.21. The van der Waals surface area contributed by atoms with Gasteiger partial charge in [-0.05, 0) is 25.8 Å². The Kier molecular flexibility index (Phi) is 1.74. The molecule has 0 saturated heterocycles. The van der Waals surface area contributed by atoms with Gasteiger partial charge in [0.05, 0.1) is 43.1 Å². The molecule has 0 aliphatic rings. The van der Waals surface area contributed by atoms with Gasteiger partial charge in [-0.1, -0.05) is 0 Å². The van der Waals surface area contributed by atoms with Crippen molar-refractivity contribution < 1.29 is 34.6 Å². The second-order valence-electron chi connectivity index (χ2n) is 4.45. The number of nitrogens with one attached hydrogen (secondary N) is 1. The molecule has 0 spiro atoms. The van der Waals surface area contributed by atoms with Crippen LogP contribution in [0.25, 0.3) is 11.0 Å². The number of hydrogen-bond donors (Lipinski definition) is 1. The molecule has 1 N–H and O–H groups in total. The van der Waals surface area contributed by atoms with Crippen LogP contribution in [0.15, 0.2) is 29.5 Å². The summed E-state index contributed by atoms with van der Waals surface area (Å²) < 4.78 is 138. The molecule has 2 aromatic heterocycles. The first-order valence-electron chi connectivity index (χ1n) is 13.8. The maximum absolute atomic E-state index is 13.4. The number of aromatic nitrogens is 3. The van der Waals surface area contributed by atoms with E-state index in [1.807, 2.05) is 0 Å². The summed E-state index contributed by atoms with van der Waals surface area (Å²) in [6, 6.07) is 3.71. The van der Waals surface area contributed by atoms with Crippen LogP contribution in [0.3, 0.4) is 0 Å². The van der Waals surface area contributed by atoms with Gasteiger partial charge in [-0.15, -0.1) is 0 Å². The number of pyridine rings is 1. The summed E-state index contributed by atoms with van der Waals surface area (Å²) in [5.41, 5.74) is -6.81. The molecule has 2 heterocycles. The fraction of sp³-hybridized carbons (Fsp3) is 0.294. The molecule has 1 aromatic carbocycles. The Morgan fingerprint density at radius 1 is 1.38 bits per heavy atom. The Morgan fingerprint density at radius 3 is 3.08 bits per heavy atom. The van der Waals surface area contributed by atoms with E-state index in [1.165, 1.54) is 18.2 Å². The van der Waals surface area contributed by atoms with Crippen molar-refractivity contribution in [1.82, 2.24) is 15.0 Å². The number of fused-ring (bicyclic) bond motifs is 1. The number of aromatic amines is 1. The van der Waals surface area contributed by atoms with Crippen molar-refractivity contribution >= 4 is 22.2 Å². The number of ether oxygens (including phenoxy) is 2. The van der Waals surface area contributed by atoms with Gasteiger partial charge < -0.3 is 14.0 Å². The highest BCUT2D eigenvalue weighted by Gasteiger charge is 2.21. The number of hydrogen-bond acceptors (Lipinski definition) is 5. The summed E-state index contributed by atoms with van der Waals surface area (Å²) in [6.45, 7) is -6.73. The fourth-order valence-electron chi connectivity index (χ4n) is 1.88. The third-order valence-corrected chi connectivity index (χ3v) is 3.91. The van der Waals surface area contributed by atoms with Crippen molar-refractivity contribution in [3.63, 3.8) is 0 Å². The van der Waals surface area contributed by atoms with Gasteiger partial charge in [-0.2, -0.15) is 4.98 Å². The van der Waals surface area contributed by atoms with Gasteiger partial charge in [0, 0.05) is 42.8 Å². The Labute approximate surface area is 164 Å². The average Bonchev–Trinajstić information content (AvgIpc) is 3.11. The molecule has 7 heteroatoms. The quantitative estimate of drug-likeness (QED) is 0.707. The van der Waals surface area contributed by atoms with Gasteiger partial charge in [0.15, 0.2) is 5.70 Å². The first kappa shape index (κ1) is 6.24. The van der Waals surface area contributed by atoms with Crippen LogP contribution < -0.4 is 9.47 Å². The normalized spacial score (nSPS) is 24.3. The second-order valence-corrected chi connectivity index (χ2v) is 5.58. The number of imidazole rings is 1. The SMILES string of the molecule is [2H]c1nc(C([2H])([2H])[S+]([O-])c2nc3ccc(OC([2H])([2H])[2H])cc3[nH]2)c(C([2H])([2H])[2H])c(OC([2H])([2H])[2H])c1C([2H])([2H])[2H]. The smallest absolute Gasteiger partial charge is 0.322 e. The number of benzene rings is 1. The average molecular weight is 361 g/mol. The van der Waals surface area contributed by atoms with E-state index < -0.39 is 78.6 Å². The molecule has 6 nitrogen and oxygen atoms in total. The predicted octanol–water partition coefficient (Wildman–Crippen LogP) is 2.90. The largest absolute Gasteiger partial charge is 0.609 e. The van der Waals surface area contributed by atoms with E-state index in [4.69, 9.17) is 30.0 Å². The summed E-state index contributed by atoms with van der Waals surface area (Å²) in [4.78, 5) is 10.0. The summed E-state index contributed by atoms with van der Waals surface area (Å²) >= 11 is -2.93. The number of rotatable bonds is 5. The van der Waals surface area contributed by atoms with Crippen LogP contribution in [0, 0.1) is 13.7 Å². The second kappa shape index (κ2) is 6.70. The topological polar surface area (TPSA) is 83.1 Å². The van der Waals surface area contributed by atoms with Crippen molar-refractivity contribution in [1.29, 1.82) is 0 Å². The molecule has 0 amide bonds. The number of nitrogens with zero attached hydrogens (tertiary/aromatic N) is 2. The molecule has 0 aliphatic heterocycles. The monoisotopic (exact) mass is 360 g/mol. The van der Waals surface area contributed by atoms with E-state index in [0.29, 0.717) is 0 Å². The van der Waals surface area contributed by atoms with E-state index in [9.17, 15) is 4.55 Å². The third-order valence-electron chi connectivity index (χ3n) is 2.99. The van der Waals surface area contributed by atoms with Crippen molar-refractivity contribution in [2.75, 3.05) is 14.1 Å². The molecule has 0 bridgehead atoms. The van der Waals surface area contributed by atoms with Crippen LogP contribution in [0.5, 0.6) is 11.5 Å². The van der Waals surface area contributed by atoms with Crippen LogP contribution in [-0.4, -0.2) is 33.6 Å². The van der Waals surface area contributed by atoms with Crippen LogP contribution in [0.4, 0.5) is 0 Å². The molecule has 3 rings (SSSR count). The molecule has 3 aromatic rings. The van der Waals surface area contributed by atoms with E-state index in [2.05, 4.69) is 15.0 Å². The molecule has 0 radical (unpaired) electrons. The Morgan fingerprint density at radius 2 is 2.29 bits per heavy atom. The first-order chi connectivity index (χ1) is 17.4. The lowest BCUT2D eigenvalue weighted by Crippen LogP contribution is -2.10. The van der Waals surface area contributed by atoms with E-state index in [-0.39, 0.29) is 16.8 Å². The van der Waals surface area contributed by atoms with E-state index >= 15 is 0 Å². The minimum atomic E-state index is -3.44. The van der Waals surface area contributed by atoms with Gasteiger partial charge in [-0.25, -0.2) is 0 Å². The van der Waals surface area contributed by atoms with Gasteiger partial charge in [0.2, 0.25) is 0 Å². The lowest BCUT2D eigenvalue weighted by molar-refractivity contribution is 0.407. The van der Waals surface area contributed by atoms with Crippen molar-refractivity contribution in [2.24, 2.45) is 0 Å². The maximum atomic E-state index is 13.4. The van der Waals surface area contributed by atoms with Crippen molar-refractivity contribution in [2.45, 2.75) is 24.6 Å². The van der Waals surface area contributed by atoms with Gasteiger partial charge in [0.25, 0.3) is 0 Å². The molecular weight excluding hydrogens is 326 g/mol. The zero-order chi connectivity index (χ0) is 29.9.